The molecule has 5 nitrogen and oxygen atoms in total. The average molecular weight is 207 g/mol. The number of rotatable bonds is 1. The molecule has 0 bridgehead atoms. The first-order chi connectivity index (χ1) is 7.38. The molecule has 5 heteroatoms. The molecule has 0 amide bonds. The molecule has 78 valence electrons. The van der Waals surface area contributed by atoms with E-state index in [1.54, 1.807) is 12.1 Å². The second-order valence-corrected chi connectivity index (χ2v) is 3.33. The third-order valence-corrected chi connectivity index (χ3v) is 2.33. The van der Waals surface area contributed by atoms with Gasteiger partial charge in [-0.25, -0.2) is 4.98 Å². The maximum absolute atomic E-state index is 8.99. The summed E-state index contributed by atoms with van der Waals surface area (Å²) in [6, 6.07) is 3.59. The minimum absolute atomic E-state index is 0.0794. The Bertz CT molecular complexity index is 493. The van der Waals surface area contributed by atoms with Gasteiger partial charge in [0.05, 0.1) is 6.61 Å². The van der Waals surface area contributed by atoms with Gasteiger partial charge in [0.15, 0.2) is 23.8 Å². The normalized spacial score (nSPS) is 19.4. The van der Waals surface area contributed by atoms with E-state index in [9.17, 15) is 0 Å². The second-order valence-electron chi connectivity index (χ2n) is 3.33. The summed E-state index contributed by atoms with van der Waals surface area (Å²) in [4.78, 5) is 4.01. The van der Waals surface area contributed by atoms with Crippen molar-refractivity contribution in [3.8, 4) is 11.5 Å². The molecule has 1 unspecified atom stereocenters. The highest BCUT2D eigenvalue weighted by Gasteiger charge is 2.24. The molecule has 1 aromatic carbocycles. The molecule has 1 aromatic heterocycles. The van der Waals surface area contributed by atoms with Crippen LogP contribution >= 0.6 is 0 Å². The van der Waals surface area contributed by atoms with E-state index in [2.05, 4.69) is 4.98 Å². The Morgan fingerprint density at radius 2 is 2.40 bits per heavy atom. The van der Waals surface area contributed by atoms with Crippen molar-refractivity contribution in [2.75, 3.05) is 13.2 Å². The second kappa shape index (κ2) is 3.13. The number of nitrogens with zero attached hydrogens (tertiary/aromatic N) is 1. The minimum atomic E-state index is -0.340. The number of aliphatic hydroxyl groups excluding tert-OH is 1. The molecule has 0 spiro atoms. The van der Waals surface area contributed by atoms with Crippen molar-refractivity contribution in [1.29, 1.82) is 0 Å². The molecule has 2 heterocycles. The van der Waals surface area contributed by atoms with Crippen molar-refractivity contribution in [3.05, 3.63) is 18.5 Å². The maximum Gasteiger partial charge on any atom is 0.207 e. The van der Waals surface area contributed by atoms with Gasteiger partial charge in [0.25, 0.3) is 0 Å². The molecule has 1 aliphatic heterocycles. The Balaban J connectivity index is 2.15. The van der Waals surface area contributed by atoms with Crippen molar-refractivity contribution in [2.24, 2.45) is 0 Å². The average Bonchev–Trinajstić information content (AvgIpc) is 2.76. The van der Waals surface area contributed by atoms with Crippen LogP contribution in [0.3, 0.4) is 0 Å². The molecule has 0 saturated carbocycles. The Labute approximate surface area is 85.2 Å². The first-order valence-electron chi connectivity index (χ1n) is 4.65. The van der Waals surface area contributed by atoms with E-state index in [-0.39, 0.29) is 12.7 Å². The third-order valence-electron chi connectivity index (χ3n) is 2.33. The summed E-state index contributed by atoms with van der Waals surface area (Å²) in [5.41, 5.74) is 1.28. The molecular formula is C10H9NO4. The van der Waals surface area contributed by atoms with Crippen LogP contribution in [0, 0.1) is 0 Å². The van der Waals surface area contributed by atoms with E-state index in [4.69, 9.17) is 19.0 Å². The first kappa shape index (κ1) is 8.55. The highest BCUT2D eigenvalue weighted by molar-refractivity contribution is 5.82. The van der Waals surface area contributed by atoms with Gasteiger partial charge in [0.2, 0.25) is 5.75 Å². The van der Waals surface area contributed by atoms with Gasteiger partial charge in [-0.05, 0) is 12.1 Å². The predicted octanol–water partition coefficient (Wildman–Crippen LogP) is 0.960. The lowest BCUT2D eigenvalue weighted by molar-refractivity contribution is 0.0462. The van der Waals surface area contributed by atoms with Crippen molar-refractivity contribution in [3.63, 3.8) is 0 Å². The monoisotopic (exact) mass is 207 g/mol. The molecule has 0 radical (unpaired) electrons. The van der Waals surface area contributed by atoms with Crippen LogP contribution in [0.1, 0.15) is 0 Å². The van der Waals surface area contributed by atoms with Crippen molar-refractivity contribution >= 4 is 11.1 Å². The van der Waals surface area contributed by atoms with Gasteiger partial charge >= 0.3 is 0 Å². The van der Waals surface area contributed by atoms with Crippen LogP contribution < -0.4 is 9.47 Å². The lowest BCUT2D eigenvalue weighted by atomic mass is 10.2. The zero-order valence-corrected chi connectivity index (χ0v) is 7.84. The zero-order valence-electron chi connectivity index (χ0n) is 7.84. The lowest BCUT2D eigenvalue weighted by Crippen LogP contribution is -2.32. The van der Waals surface area contributed by atoms with E-state index in [1.807, 2.05) is 0 Å². The third kappa shape index (κ3) is 1.24. The molecule has 0 aliphatic carbocycles. The summed E-state index contributed by atoms with van der Waals surface area (Å²) in [6.07, 6.45) is 1.02. The number of aromatic nitrogens is 1. The van der Waals surface area contributed by atoms with E-state index < -0.39 is 0 Å². The molecule has 0 fully saturated rings. The number of benzene rings is 1. The largest absolute Gasteiger partial charge is 0.486 e. The fourth-order valence-corrected chi connectivity index (χ4v) is 1.58. The van der Waals surface area contributed by atoms with Gasteiger partial charge in [-0.15, -0.1) is 0 Å². The molecule has 3 rings (SSSR count). The molecule has 15 heavy (non-hydrogen) atoms. The number of hydrogen-bond acceptors (Lipinski definition) is 5. The van der Waals surface area contributed by atoms with Crippen molar-refractivity contribution in [2.45, 2.75) is 6.10 Å². The van der Waals surface area contributed by atoms with Gasteiger partial charge in [0.1, 0.15) is 12.1 Å². The quantitative estimate of drug-likeness (QED) is 0.754. The van der Waals surface area contributed by atoms with Crippen molar-refractivity contribution < 1.29 is 19.0 Å². The summed E-state index contributed by atoms with van der Waals surface area (Å²) in [7, 11) is 0. The Morgan fingerprint density at radius 1 is 1.47 bits per heavy atom. The highest BCUT2D eigenvalue weighted by Crippen LogP contribution is 2.38. The topological polar surface area (TPSA) is 64.7 Å². The van der Waals surface area contributed by atoms with Gasteiger partial charge in [-0.1, -0.05) is 0 Å². The van der Waals surface area contributed by atoms with Gasteiger partial charge in [-0.2, -0.15) is 0 Å². The van der Waals surface area contributed by atoms with E-state index >= 15 is 0 Å². The number of aliphatic hydroxyl groups is 1. The summed E-state index contributed by atoms with van der Waals surface area (Å²) >= 11 is 0. The SMILES string of the molecule is OCC1COc2ccc3ncoc3c2O1. The Morgan fingerprint density at radius 3 is 3.27 bits per heavy atom. The fourth-order valence-electron chi connectivity index (χ4n) is 1.58. The molecule has 0 saturated heterocycles. The smallest absolute Gasteiger partial charge is 0.207 e. The number of hydrogen-bond donors (Lipinski definition) is 1. The number of ether oxygens (including phenoxy) is 2. The molecule has 1 N–H and O–H groups in total. The Kier molecular flexibility index (Phi) is 1.78. The molecular weight excluding hydrogens is 198 g/mol. The standard InChI is InChI=1S/C10H9NO4/c12-3-6-4-13-8-2-1-7-9(10(8)15-6)14-5-11-7/h1-2,5-6,12H,3-4H2. The van der Waals surface area contributed by atoms with Crippen molar-refractivity contribution in [1.82, 2.24) is 4.98 Å². The van der Waals surface area contributed by atoms with Crippen LogP contribution in [-0.2, 0) is 0 Å². The fraction of sp³-hybridized carbons (Fsp3) is 0.300. The maximum atomic E-state index is 8.99. The van der Waals surface area contributed by atoms with Crippen LogP contribution in [0.2, 0.25) is 0 Å². The summed E-state index contributed by atoms with van der Waals surface area (Å²) in [6.45, 7) is 0.271. The summed E-state index contributed by atoms with van der Waals surface area (Å²) in [5, 5.41) is 8.99. The van der Waals surface area contributed by atoms with Gasteiger partial charge in [-0.3, -0.25) is 0 Å². The van der Waals surface area contributed by atoms with Crippen LogP contribution in [0.15, 0.2) is 22.9 Å². The van der Waals surface area contributed by atoms with Crippen LogP contribution in [-0.4, -0.2) is 29.4 Å². The number of oxazole rings is 1. The lowest BCUT2D eigenvalue weighted by Gasteiger charge is -2.24. The van der Waals surface area contributed by atoms with Gasteiger partial charge in [0, 0.05) is 0 Å². The summed E-state index contributed by atoms with van der Waals surface area (Å²) in [5.74, 6) is 1.15. The highest BCUT2D eigenvalue weighted by atomic mass is 16.6. The predicted molar refractivity (Wildman–Crippen MR) is 51.0 cm³/mol. The molecule has 1 atom stereocenters. The van der Waals surface area contributed by atoms with Crippen LogP contribution in [0.4, 0.5) is 0 Å². The van der Waals surface area contributed by atoms with E-state index in [0.717, 1.165) is 5.52 Å². The van der Waals surface area contributed by atoms with Crippen LogP contribution in [0.25, 0.3) is 11.1 Å². The molecule has 2 aromatic rings. The van der Waals surface area contributed by atoms with Gasteiger partial charge < -0.3 is 19.0 Å². The summed E-state index contributed by atoms with van der Waals surface area (Å²) < 4.78 is 16.2. The Hall–Kier alpha value is -1.75. The van der Waals surface area contributed by atoms with E-state index in [1.165, 1.54) is 6.39 Å². The van der Waals surface area contributed by atoms with Crippen LogP contribution in [0.5, 0.6) is 11.5 Å². The van der Waals surface area contributed by atoms with E-state index in [0.29, 0.717) is 23.7 Å². The number of fused-ring (bicyclic) bond motifs is 3. The zero-order chi connectivity index (χ0) is 10.3. The minimum Gasteiger partial charge on any atom is -0.486 e. The molecule has 1 aliphatic rings. The first-order valence-corrected chi connectivity index (χ1v) is 4.65.